The first kappa shape index (κ1) is 17.9. The summed E-state index contributed by atoms with van der Waals surface area (Å²) in [6.45, 7) is 0.703. The molecule has 3 aromatic rings. The van der Waals surface area contributed by atoms with E-state index < -0.39 is 0 Å². The zero-order valence-corrected chi connectivity index (χ0v) is 17.1. The van der Waals surface area contributed by atoms with Gasteiger partial charge in [0.2, 0.25) is 0 Å². The number of rotatable bonds is 4. The van der Waals surface area contributed by atoms with Gasteiger partial charge in [0.05, 0.1) is 20.4 Å². The largest absolute Gasteiger partial charge is 0.380 e. The molecule has 3 heterocycles. The van der Waals surface area contributed by atoms with Crippen LogP contribution in [0.1, 0.15) is 29.2 Å². The summed E-state index contributed by atoms with van der Waals surface area (Å²) in [5.74, 6) is 0.306. The number of fused-ring (bicyclic) bond motifs is 1. The number of nitrogens with two attached hydrogens (primary N) is 1. The lowest BCUT2D eigenvalue weighted by molar-refractivity contribution is 0.527. The minimum Gasteiger partial charge on any atom is -0.380 e. The summed E-state index contributed by atoms with van der Waals surface area (Å²) in [6.07, 6.45) is 9.84. The molecule has 134 valence electrons. The molecule has 7 heteroatoms. The minimum absolute atomic E-state index is 0.132. The van der Waals surface area contributed by atoms with Crippen LogP contribution in [0.15, 0.2) is 47.2 Å². The molecule has 0 fully saturated rings. The average Bonchev–Trinajstić information content (AvgIpc) is 2.98. The number of hydrogen-bond donors (Lipinski definition) is 2. The van der Waals surface area contributed by atoms with Gasteiger partial charge in [0.25, 0.3) is 0 Å². The Bertz CT molecular complexity index is 957. The Balaban J connectivity index is 1.72. The number of halogens is 2. The summed E-state index contributed by atoms with van der Waals surface area (Å²) < 4.78 is 2.12. The summed E-state index contributed by atoms with van der Waals surface area (Å²) in [5, 5.41) is 3.97. The molecule has 26 heavy (non-hydrogen) atoms. The van der Waals surface area contributed by atoms with E-state index in [1.165, 1.54) is 4.88 Å². The Hall–Kier alpha value is -1.47. The van der Waals surface area contributed by atoms with Gasteiger partial charge in [0.15, 0.2) is 0 Å². The van der Waals surface area contributed by atoms with Gasteiger partial charge >= 0.3 is 0 Å². The number of thiophene rings is 1. The molecule has 1 aliphatic rings. The highest BCUT2D eigenvalue weighted by atomic mass is 79.9. The number of anilines is 1. The number of hydrogen-bond acceptors (Lipinski definition) is 5. The van der Waals surface area contributed by atoms with Crippen molar-refractivity contribution in [3.8, 4) is 0 Å². The first-order chi connectivity index (χ1) is 12.6. The molecule has 0 aliphatic heterocycles. The van der Waals surface area contributed by atoms with Crippen LogP contribution < -0.4 is 11.1 Å². The van der Waals surface area contributed by atoms with E-state index in [1.54, 1.807) is 23.7 Å². The van der Waals surface area contributed by atoms with Crippen LogP contribution >= 0.6 is 38.9 Å². The van der Waals surface area contributed by atoms with Crippen molar-refractivity contribution in [3.63, 3.8) is 0 Å². The summed E-state index contributed by atoms with van der Waals surface area (Å²) in [6, 6.07) is 6.01. The molecule has 3 N–H and O–H groups in total. The molecular weight excluding hydrogens is 432 g/mol. The fourth-order valence-corrected chi connectivity index (χ4v) is 5.69. The van der Waals surface area contributed by atoms with Crippen molar-refractivity contribution in [1.29, 1.82) is 0 Å². The van der Waals surface area contributed by atoms with Crippen molar-refractivity contribution < 1.29 is 0 Å². The lowest BCUT2D eigenvalue weighted by atomic mass is 9.88. The number of nitrogens with zero attached hydrogens (tertiary/aromatic N) is 2. The molecule has 0 saturated carbocycles. The summed E-state index contributed by atoms with van der Waals surface area (Å²) in [7, 11) is 0. The van der Waals surface area contributed by atoms with Crippen molar-refractivity contribution >= 4 is 54.8 Å². The van der Waals surface area contributed by atoms with Crippen LogP contribution in [0.3, 0.4) is 0 Å². The van der Waals surface area contributed by atoms with E-state index >= 15 is 0 Å². The number of pyridine rings is 2. The fourth-order valence-electron chi connectivity index (χ4n) is 3.23. The molecule has 0 unspecified atom stereocenters. The second-order valence-corrected chi connectivity index (χ2v) is 8.61. The van der Waals surface area contributed by atoms with Gasteiger partial charge in [0, 0.05) is 41.8 Å². The highest BCUT2D eigenvalue weighted by Crippen LogP contribution is 2.45. The topological polar surface area (TPSA) is 63.8 Å². The molecule has 0 amide bonds. The van der Waals surface area contributed by atoms with E-state index in [-0.39, 0.29) is 6.04 Å². The molecule has 4 rings (SSSR count). The van der Waals surface area contributed by atoms with E-state index in [4.69, 9.17) is 17.3 Å². The Morgan fingerprint density at radius 3 is 2.81 bits per heavy atom. The van der Waals surface area contributed by atoms with Crippen molar-refractivity contribution in [2.75, 3.05) is 5.32 Å². The zero-order chi connectivity index (χ0) is 18.1. The molecule has 2 atom stereocenters. The standard InChI is InChI=1S/C19H18BrClN4S/c20-16-17-19(26-18(16)12-3-1-2-4-13(12)22)14(9-15(21)25-17)24-10-11-5-7-23-8-6-11/h1-2,5-9,12-13H,3-4,10,22H2,(H,24,25)/t12-,13-/m1/s1. The van der Waals surface area contributed by atoms with Gasteiger partial charge in [-0.2, -0.15) is 0 Å². The van der Waals surface area contributed by atoms with Gasteiger partial charge in [-0.05, 0) is 46.5 Å². The first-order valence-electron chi connectivity index (χ1n) is 8.45. The van der Waals surface area contributed by atoms with Crippen LogP contribution in [0.5, 0.6) is 0 Å². The summed E-state index contributed by atoms with van der Waals surface area (Å²) >= 11 is 11.8. The van der Waals surface area contributed by atoms with Gasteiger partial charge in [-0.15, -0.1) is 11.3 Å². The lowest BCUT2D eigenvalue weighted by Gasteiger charge is -2.24. The molecule has 0 radical (unpaired) electrons. The van der Waals surface area contributed by atoms with Crippen molar-refractivity contribution in [2.45, 2.75) is 31.3 Å². The maximum Gasteiger partial charge on any atom is 0.131 e. The van der Waals surface area contributed by atoms with Crippen LogP contribution in [0.25, 0.3) is 10.2 Å². The average molecular weight is 450 g/mol. The molecule has 0 aromatic carbocycles. The van der Waals surface area contributed by atoms with Crippen molar-refractivity contribution in [2.24, 2.45) is 5.73 Å². The summed E-state index contributed by atoms with van der Waals surface area (Å²) in [4.78, 5) is 9.86. The van der Waals surface area contributed by atoms with E-state index in [2.05, 4.69) is 43.4 Å². The fraction of sp³-hybridized carbons (Fsp3) is 0.263. The third kappa shape index (κ3) is 3.51. The van der Waals surface area contributed by atoms with E-state index in [0.717, 1.165) is 38.8 Å². The Kier molecular flexibility index (Phi) is 5.27. The smallest absolute Gasteiger partial charge is 0.131 e. The maximum atomic E-state index is 6.37. The Labute approximate surface area is 169 Å². The molecule has 0 saturated heterocycles. The van der Waals surface area contributed by atoms with Crippen molar-refractivity contribution in [1.82, 2.24) is 9.97 Å². The number of allylic oxidation sites excluding steroid dienone is 1. The van der Waals surface area contributed by atoms with Crippen LogP contribution in [-0.2, 0) is 6.54 Å². The molecule has 4 nitrogen and oxygen atoms in total. The van der Waals surface area contributed by atoms with Gasteiger partial charge in [-0.3, -0.25) is 4.98 Å². The highest BCUT2D eigenvalue weighted by molar-refractivity contribution is 9.10. The Morgan fingerprint density at radius 2 is 2.04 bits per heavy atom. The van der Waals surface area contributed by atoms with E-state index in [9.17, 15) is 0 Å². The lowest BCUT2D eigenvalue weighted by Crippen LogP contribution is -2.29. The van der Waals surface area contributed by atoms with Crippen LogP contribution in [-0.4, -0.2) is 16.0 Å². The highest BCUT2D eigenvalue weighted by Gasteiger charge is 2.27. The second-order valence-electron chi connectivity index (χ2n) is 6.37. The molecule has 0 bridgehead atoms. The minimum atomic E-state index is 0.132. The van der Waals surface area contributed by atoms with E-state index in [1.807, 2.05) is 18.2 Å². The SMILES string of the molecule is N[C@@H]1CC=CC[C@H]1c1sc2c(NCc3ccncc3)cc(Cl)nc2c1Br. The quantitative estimate of drug-likeness (QED) is 0.409. The predicted octanol–water partition coefficient (Wildman–Crippen LogP) is 5.48. The second kappa shape index (κ2) is 7.64. The summed E-state index contributed by atoms with van der Waals surface area (Å²) in [5.41, 5.74) is 9.43. The van der Waals surface area contributed by atoms with Crippen molar-refractivity contribution in [3.05, 3.63) is 62.8 Å². The van der Waals surface area contributed by atoms with Crippen LogP contribution in [0.2, 0.25) is 5.15 Å². The maximum absolute atomic E-state index is 6.37. The van der Waals surface area contributed by atoms with Gasteiger partial charge < -0.3 is 11.1 Å². The third-order valence-corrected chi connectivity index (χ3v) is 7.23. The molecule has 0 spiro atoms. The predicted molar refractivity (Wildman–Crippen MR) is 113 cm³/mol. The van der Waals surface area contributed by atoms with Crippen LogP contribution in [0, 0.1) is 0 Å². The monoisotopic (exact) mass is 448 g/mol. The van der Waals surface area contributed by atoms with Crippen LogP contribution in [0.4, 0.5) is 5.69 Å². The normalized spacial score (nSPS) is 19.8. The van der Waals surface area contributed by atoms with Gasteiger partial charge in [0.1, 0.15) is 5.15 Å². The van der Waals surface area contributed by atoms with Gasteiger partial charge in [-0.1, -0.05) is 23.8 Å². The zero-order valence-electron chi connectivity index (χ0n) is 14.0. The number of nitrogens with one attached hydrogen (secondary N) is 1. The number of aromatic nitrogens is 2. The first-order valence-corrected chi connectivity index (χ1v) is 10.4. The molecule has 3 aromatic heterocycles. The molecule has 1 aliphatic carbocycles. The van der Waals surface area contributed by atoms with E-state index in [0.29, 0.717) is 17.6 Å². The molecular formula is C19H18BrClN4S. The third-order valence-electron chi connectivity index (χ3n) is 4.63. The Morgan fingerprint density at radius 1 is 1.27 bits per heavy atom. The van der Waals surface area contributed by atoms with Gasteiger partial charge in [-0.25, -0.2) is 4.98 Å².